The molecule has 16 aromatic carbocycles. The van der Waals surface area contributed by atoms with Gasteiger partial charge in [-0.3, -0.25) is 0 Å². The average Bonchev–Trinajstić information content (AvgIpc) is 1.59. The second-order valence-corrected chi connectivity index (χ2v) is 31.8. The van der Waals surface area contributed by atoms with Crippen LogP contribution in [0.15, 0.2) is 426 Å². The van der Waals surface area contributed by atoms with Gasteiger partial charge in [-0.05, 0) is 235 Å². The van der Waals surface area contributed by atoms with Crippen molar-refractivity contribution < 1.29 is 17.9 Å². The number of methoxy groups -OCH3 is 2. The summed E-state index contributed by atoms with van der Waals surface area (Å²) in [5.41, 5.74) is 16.0. The van der Waals surface area contributed by atoms with Crippen molar-refractivity contribution in [2.45, 2.75) is 9.79 Å². The van der Waals surface area contributed by atoms with Gasteiger partial charge in [0.2, 0.25) is 9.84 Å². The summed E-state index contributed by atoms with van der Waals surface area (Å²) in [6, 6.07) is 133. The number of fused-ring (bicyclic) bond motifs is 7. The number of ether oxygens (including phenoxy) is 2. The van der Waals surface area contributed by atoms with Gasteiger partial charge in [-0.2, -0.15) is 0 Å². The largest absolute Gasteiger partial charge is 0.497 e. The van der Waals surface area contributed by atoms with Gasteiger partial charge >= 0.3 is 0 Å². The highest BCUT2D eigenvalue weighted by molar-refractivity contribution is 9.11. The Morgan fingerprint density at radius 1 is 0.282 bits per heavy atom. The maximum absolute atomic E-state index is 12.5. The van der Waals surface area contributed by atoms with E-state index in [1.54, 1.807) is 56.7 Å². The number of anilines is 6. The Kier molecular flexibility index (Phi) is 24.5. The molecule has 18 aromatic rings. The summed E-state index contributed by atoms with van der Waals surface area (Å²) in [6.07, 6.45) is 0. The zero-order chi connectivity index (χ0) is 75.9. The zero-order valence-electron chi connectivity index (χ0n) is 59.7. The minimum atomic E-state index is -3.46. The van der Waals surface area contributed by atoms with Gasteiger partial charge in [-0.15, -0.1) is 0 Å². The second kappa shape index (κ2) is 35.5. The average molecular weight is 1780 g/mol. The Balaban J connectivity index is 0.000000115. The molecule has 2 heterocycles. The maximum Gasteiger partial charge on any atom is 0.206 e. The van der Waals surface area contributed by atoms with Crippen molar-refractivity contribution in [3.63, 3.8) is 0 Å². The first-order valence-electron chi connectivity index (χ1n) is 35.4. The monoisotopic (exact) mass is 1770 g/mol. The molecule has 0 fully saturated rings. The fourth-order valence-corrected chi connectivity index (χ4v) is 16.2. The number of nitrogens with zero attached hydrogens (tertiary/aromatic N) is 4. The number of hydrogen-bond acceptors (Lipinski definition) is 6. The molecule has 0 spiro atoms. The van der Waals surface area contributed by atoms with E-state index in [0.29, 0.717) is 9.79 Å². The van der Waals surface area contributed by atoms with Gasteiger partial charge in [0.15, 0.2) is 0 Å². The standard InChI is InChI=1S/C22H16BrN.C20H16BrNO2.C18H12BrN.C18H14BrN.C18H13BrO2S/c23-18-13-15-20(16-14-18)24(19-9-2-1-3-10-19)22-12-6-8-17-7-4-5-11-21(17)22;1-23-15-7-9-19-17(11-15)18-12-16(24-2)8-10-20(18)22(19)14-5-3-13(21)4-6-14;19-13-9-11-14(12-10-13)20-17-7-3-1-5-15(17)16-6-2-4-8-18(16)20;19-15-11-13-18(14-12-15)20(16-7-3-1-4-8-16)17-9-5-2-6-10-17;19-18-9-5-4-8-17(18)14-10-12-16(13-11-14)22(20,21)15-6-2-1-3-7-15/h1-16H;3-12H,1-2H3;1-12H;1-14H;1-13H. The van der Waals surface area contributed by atoms with E-state index in [0.717, 1.165) is 101 Å². The van der Waals surface area contributed by atoms with Gasteiger partial charge in [-0.1, -0.05) is 256 Å². The molecule has 2 aromatic heterocycles. The number of hydrogen-bond donors (Lipinski definition) is 0. The SMILES string of the molecule is Brc1ccc(-n2c3ccccc3c3ccccc32)cc1.Brc1ccc(N(c2ccccc2)c2cccc3ccccc23)cc1.Brc1ccc(N(c2ccccc2)c2ccccc2)cc1.COc1ccc2c(c1)c1cc(OC)ccc1n2-c1ccc(Br)cc1.O=S(=O)(c1ccccc1)c1ccc(-c2ccccc2Br)cc1. The van der Waals surface area contributed by atoms with Crippen LogP contribution >= 0.6 is 79.6 Å². The first-order chi connectivity index (χ1) is 53.8. The van der Waals surface area contributed by atoms with Crippen LogP contribution in [0.3, 0.4) is 0 Å². The van der Waals surface area contributed by atoms with E-state index in [4.69, 9.17) is 9.47 Å². The highest BCUT2D eigenvalue weighted by atomic mass is 79.9. The van der Waals surface area contributed by atoms with Crippen molar-refractivity contribution in [3.8, 4) is 34.0 Å². The van der Waals surface area contributed by atoms with E-state index >= 15 is 0 Å². The molecule has 0 unspecified atom stereocenters. The highest BCUT2D eigenvalue weighted by Gasteiger charge is 2.20. The highest BCUT2D eigenvalue weighted by Crippen LogP contribution is 2.42. The smallest absolute Gasteiger partial charge is 0.206 e. The maximum atomic E-state index is 12.5. The molecule has 0 saturated heterocycles. The van der Waals surface area contributed by atoms with Crippen molar-refractivity contribution >= 4 is 178 Å². The number of benzene rings is 16. The third-order valence-electron chi connectivity index (χ3n) is 18.6. The molecular formula is C96H71Br5N4O4S. The molecule has 0 N–H and O–H groups in total. The first kappa shape index (κ1) is 75.7. The summed E-state index contributed by atoms with van der Waals surface area (Å²) in [6.45, 7) is 0. The molecule has 0 bridgehead atoms. The van der Waals surface area contributed by atoms with Crippen molar-refractivity contribution in [3.05, 3.63) is 417 Å². The van der Waals surface area contributed by atoms with Crippen molar-refractivity contribution in [2.75, 3.05) is 24.0 Å². The quantitative estimate of drug-likeness (QED) is 0.115. The Morgan fingerprint density at radius 2 is 0.627 bits per heavy atom. The number of aromatic nitrogens is 2. The van der Waals surface area contributed by atoms with E-state index in [1.165, 1.54) is 44.0 Å². The lowest BCUT2D eigenvalue weighted by Crippen LogP contribution is -2.10. The van der Waals surface area contributed by atoms with Crippen LogP contribution in [-0.2, 0) is 9.84 Å². The molecule has 0 aliphatic rings. The van der Waals surface area contributed by atoms with Crippen LogP contribution in [0.25, 0.3) is 76.9 Å². The molecule has 0 saturated carbocycles. The number of halogens is 5. The summed E-state index contributed by atoms with van der Waals surface area (Å²) in [4.78, 5) is 5.15. The number of para-hydroxylation sites is 5. The lowest BCUT2D eigenvalue weighted by atomic mass is 10.1. The van der Waals surface area contributed by atoms with E-state index in [1.807, 2.05) is 66.7 Å². The molecule has 14 heteroatoms. The third kappa shape index (κ3) is 17.3. The van der Waals surface area contributed by atoms with E-state index in [2.05, 4.69) is 384 Å². The summed E-state index contributed by atoms with van der Waals surface area (Å²) in [5.74, 6) is 1.69. The number of rotatable bonds is 13. The third-order valence-corrected chi connectivity index (χ3v) is 23.1. The lowest BCUT2D eigenvalue weighted by Gasteiger charge is -2.26. The summed E-state index contributed by atoms with van der Waals surface area (Å²) in [7, 11) is -0.0795. The zero-order valence-corrected chi connectivity index (χ0v) is 68.5. The Hall–Kier alpha value is -11.1. The van der Waals surface area contributed by atoms with Crippen LogP contribution in [-0.4, -0.2) is 31.8 Å². The van der Waals surface area contributed by atoms with Crippen molar-refractivity contribution in [2.24, 2.45) is 0 Å². The van der Waals surface area contributed by atoms with Gasteiger partial charge in [0.25, 0.3) is 0 Å². The van der Waals surface area contributed by atoms with Crippen molar-refractivity contribution in [1.29, 1.82) is 0 Å². The van der Waals surface area contributed by atoms with Crippen LogP contribution in [0.2, 0.25) is 0 Å². The Bertz CT molecular complexity index is 6080. The molecule has 0 atom stereocenters. The van der Waals surface area contributed by atoms with Crippen LogP contribution in [0.4, 0.5) is 34.1 Å². The second-order valence-electron chi connectivity index (χ2n) is 25.4. The minimum absolute atomic E-state index is 0.300. The van der Waals surface area contributed by atoms with E-state index in [9.17, 15) is 8.42 Å². The van der Waals surface area contributed by atoms with Gasteiger partial charge in [0, 0.05) is 89.1 Å². The van der Waals surface area contributed by atoms with Gasteiger partial charge < -0.3 is 28.4 Å². The van der Waals surface area contributed by atoms with E-state index in [-0.39, 0.29) is 0 Å². The summed E-state index contributed by atoms with van der Waals surface area (Å²) < 4.78 is 45.8. The minimum Gasteiger partial charge on any atom is -0.497 e. The Morgan fingerprint density at radius 3 is 1.08 bits per heavy atom. The summed E-state index contributed by atoms with van der Waals surface area (Å²) in [5, 5.41) is 7.37. The van der Waals surface area contributed by atoms with Gasteiger partial charge in [-0.25, -0.2) is 8.42 Å². The van der Waals surface area contributed by atoms with Gasteiger partial charge in [0.1, 0.15) is 11.5 Å². The predicted molar refractivity (Wildman–Crippen MR) is 477 cm³/mol. The topological polar surface area (TPSA) is 68.9 Å². The normalized spacial score (nSPS) is 10.9. The molecule has 0 aliphatic heterocycles. The first-order valence-corrected chi connectivity index (χ1v) is 40.8. The molecule has 540 valence electrons. The van der Waals surface area contributed by atoms with Crippen LogP contribution in [0, 0.1) is 0 Å². The van der Waals surface area contributed by atoms with Crippen LogP contribution in [0.5, 0.6) is 11.5 Å². The fraction of sp³-hybridized carbons (Fsp3) is 0.0208. The molecule has 18 rings (SSSR count). The van der Waals surface area contributed by atoms with Crippen molar-refractivity contribution in [1.82, 2.24) is 9.13 Å². The lowest BCUT2D eigenvalue weighted by molar-refractivity contribution is 0.415. The molecule has 0 aliphatic carbocycles. The van der Waals surface area contributed by atoms with Crippen LogP contribution < -0.4 is 19.3 Å². The van der Waals surface area contributed by atoms with E-state index < -0.39 is 9.84 Å². The fourth-order valence-electron chi connectivity index (χ4n) is 13.3. The van der Waals surface area contributed by atoms with Crippen LogP contribution in [0.1, 0.15) is 0 Å². The Labute approximate surface area is 683 Å². The van der Waals surface area contributed by atoms with Gasteiger partial charge in [0.05, 0.1) is 51.8 Å². The molecule has 8 nitrogen and oxygen atoms in total. The number of sulfone groups is 1. The predicted octanol–water partition coefficient (Wildman–Crippen LogP) is 29.0. The molecule has 110 heavy (non-hydrogen) atoms. The molecule has 0 amide bonds. The molecule has 0 radical (unpaired) electrons. The summed E-state index contributed by atoms with van der Waals surface area (Å²) >= 11 is 17.5. The molecular weight excluding hydrogens is 1700 g/mol.